The van der Waals surface area contributed by atoms with Crippen LogP contribution in [0.2, 0.25) is 0 Å². The van der Waals surface area contributed by atoms with Gasteiger partial charge in [0, 0.05) is 17.7 Å². The summed E-state index contributed by atoms with van der Waals surface area (Å²) in [6, 6.07) is 16.3. The smallest absolute Gasteiger partial charge is 0.325 e. The summed E-state index contributed by atoms with van der Waals surface area (Å²) in [5.74, 6) is -1.59. The van der Waals surface area contributed by atoms with Crippen molar-refractivity contribution in [2.75, 3.05) is 19.4 Å². The van der Waals surface area contributed by atoms with Crippen molar-refractivity contribution in [2.45, 2.75) is 6.54 Å². The Morgan fingerprint density at radius 3 is 2.52 bits per heavy atom. The zero-order valence-corrected chi connectivity index (χ0v) is 16.8. The van der Waals surface area contributed by atoms with E-state index in [1.165, 1.54) is 13.3 Å². The maximum absolute atomic E-state index is 12.5. The number of benzene rings is 2. The lowest BCUT2D eigenvalue weighted by Crippen LogP contribution is -2.31. The van der Waals surface area contributed by atoms with Crippen molar-refractivity contribution in [1.82, 2.24) is 20.6 Å². The van der Waals surface area contributed by atoms with Gasteiger partial charge in [-0.2, -0.15) is 0 Å². The highest BCUT2D eigenvalue weighted by Crippen LogP contribution is 2.20. The van der Waals surface area contributed by atoms with E-state index in [0.717, 1.165) is 5.56 Å². The van der Waals surface area contributed by atoms with Crippen LogP contribution in [0.15, 0.2) is 60.8 Å². The fourth-order valence-electron chi connectivity index (χ4n) is 2.71. The van der Waals surface area contributed by atoms with Gasteiger partial charge < -0.3 is 21.1 Å². The third-order valence-electron chi connectivity index (χ3n) is 4.35. The Labute approximate surface area is 178 Å². The van der Waals surface area contributed by atoms with Gasteiger partial charge in [0.1, 0.15) is 6.54 Å². The molecule has 1 heterocycles. The number of nitrogens with two attached hydrogens (primary N) is 1. The Morgan fingerprint density at radius 1 is 1.00 bits per heavy atom. The first-order chi connectivity index (χ1) is 15.0. The van der Waals surface area contributed by atoms with E-state index in [-0.39, 0.29) is 24.0 Å². The van der Waals surface area contributed by atoms with Crippen LogP contribution in [0.4, 0.5) is 5.82 Å². The Kier molecular flexibility index (Phi) is 6.89. The quantitative estimate of drug-likeness (QED) is 0.494. The number of carbonyl (C=O) groups is 3. The summed E-state index contributed by atoms with van der Waals surface area (Å²) in [7, 11) is 1.21. The lowest BCUT2D eigenvalue weighted by molar-refractivity contribution is -0.139. The Bertz CT molecular complexity index is 1100. The summed E-state index contributed by atoms with van der Waals surface area (Å²) in [5.41, 5.74) is 8.00. The first-order valence-electron chi connectivity index (χ1n) is 9.38. The van der Waals surface area contributed by atoms with Gasteiger partial charge in [0.25, 0.3) is 11.8 Å². The molecule has 158 valence electrons. The molecule has 2 aromatic carbocycles. The van der Waals surface area contributed by atoms with Gasteiger partial charge in [0.15, 0.2) is 11.5 Å². The SMILES string of the molecule is COC(=O)CNC(=O)c1nc(-c2cccc(C(=O)NCc3ccccc3)c2)cnc1N. The molecule has 0 spiro atoms. The van der Waals surface area contributed by atoms with Crippen LogP contribution in [-0.4, -0.2) is 41.4 Å². The summed E-state index contributed by atoms with van der Waals surface area (Å²) in [4.78, 5) is 44.3. The number of rotatable bonds is 7. The summed E-state index contributed by atoms with van der Waals surface area (Å²) in [6.45, 7) is 0.0772. The van der Waals surface area contributed by atoms with Crippen LogP contribution in [0.3, 0.4) is 0 Å². The minimum absolute atomic E-state index is 0.0807. The molecule has 0 radical (unpaired) electrons. The molecule has 9 heteroatoms. The third kappa shape index (κ3) is 5.63. The molecule has 1 aromatic heterocycles. The molecule has 3 aromatic rings. The van der Waals surface area contributed by atoms with Gasteiger partial charge in [-0.05, 0) is 17.7 Å². The molecule has 0 aliphatic heterocycles. The molecule has 4 N–H and O–H groups in total. The molecular formula is C22H21N5O4. The van der Waals surface area contributed by atoms with Crippen LogP contribution < -0.4 is 16.4 Å². The molecule has 0 bridgehead atoms. The topological polar surface area (TPSA) is 136 Å². The third-order valence-corrected chi connectivity index (χ3v) is 4.35. The number of esters is 1. The second-order valence-electron chi connectivity index (χ2n) is 6.50. The molecule has 2 amide bonds. The first kappa shape index (κ1) is 21.4. The Morgan fingerprint density at radius 2 is 1.77 bits per heavy atom. The lowest BCUT2D eigenvalue weighted by atomic mass is 10.1. The molecule has 0 atom stereocenters. The number of anilines is 1. The molecule has 3 rings (SSSR count). The average Bonchev–Trinajstić information content (AvgIpc) is 2.81. The van der Waals surface area contributed by atoms with Gasteiger partial charge in [-0.3, -0.25) is 14.4 Å². The number of ether oxygens (including phenoxy) is 1. The lowest BCUT2D eigenvalue weighted by Gasteiger charge is -2.09. The zero-order chi connectivity index (χ0) is 22.2. The van der Waals surface area contributed by atoms with Crippen LogP contribution in [0.5, 0.6) is 0 Å². The first-order valence-corrected chi connectivity index (χ1v) is 9.38. The Balaban J connectivity index is 1.76. The van der Waals surface area contributed by atoms with Crippen LogP contribution in [0.25, 0.3) is 11.3 Å². The second kappa shape index (κ2) is 9.97. The minimum Gasteiger partial charge on any atom is -0.468 e. The summed E-state index contributed by atoms with van der Waals surface area (Å²) < 4.78 is 4.48. The molecule has 0 saturated heterocycles. The van der Waals surface area contributed by atoms with Gasteiger partial charge in [-0.25, -0.2) is 9.97 Å². The molecular weight excluding hydrogens is 398 g/mol. The van der Waals surface area contributed by atoms with Crippen molar-refractivity contribution in [3.63, 3.8) is 0 Å². The summed E-state index contributed by atoms with van der Waals surface area (Å²) in [6.07, 6.45) is 1.41. The van der Waals surface area contributed by atoms with Gasteiger partial charge in [-0.1, -0.05) is 42.5 Å². The maximum atomic E-state index is 12.5. The molecule has 31 heavy (non-hydrogen) atoms. The highest BCUT2D eigenvalue weighted by atomic mass is 16.5. The number of hydrogen-bond donors (Lipinski definition) is 3. The van der Waals surface area contributed by atoms with Crippen molar-refractivity contribution >= 4 is 23.6 Å². The fraction of sp³-hybridized carbons (Fsp3) is 0.136. The molecule has 0 saturated carbocycles. The van der Waals surface area contributed by atoms with Gasteiger partial charge in [0.05, 0.1) is 19.0 Å². The van der Waals surface area contributed by atoms with E-state index >= 15 is 0 Å². The van der Waals surface area contributed by atoms with Crippen molar-refractivity contribution in [3.8, 4) is 11.3 Å². The normalized spacial score (nSPS) is 10.2. The van der Waals surface area contributed by atoms with Crippen molar-refractivity contribution in [2.24, 2.45) is 0 Å². The van der Waals surface area contributed by atoms with E-state index in [9.17, 15) is 14.4 Å². The van der Waals surface area contributed by atoms with E-state index in [0.29, 0.717) is 23.4 Å². The predicted octanol–water partition coefficient (Wildman–Crippen LogP) is 1.56. The number of hydrogen-bond acceptors (Lipinski definition) is 7. The van der Waals surface area contributed by atoms with Crippen LogP contribution in [-0.2, 0) is 16.1 Å². The number of aromatic nitrogens is 2. The molecule has 0 fully saturated rings. The highest BCUT2D eigenvalue weighted by molar-refractivity contribution is 5.98. The van der Waals surface area contributed by atoms with Crippen molar-refractivity contribution in [3.05, 3.63) is 77.6 Å². The van der Waals surface area contributed by atoms with E-state index in [1.807, 2.05) is 30.3 Å². The van der Waals surface area contributed by atoms with E-state index in [1.54, 1.807) is 24.3 Å². The van der Waals surface area contributed by atoms with Crippen LogP contribution >= 0.6 is 0 Å². The Hall–Kier alpha value is -4.27. The number of amides is 2. The molecule has 9 nitrogen and oxygen atoms in total. The molecule has 0 aliphatic rings. The second-order valence-corrected chi connectivity index (χ2v) is 6.50. The highest BCUT2D eigenvalue weighted by Gasteiger charge is 2.16. The van der Waals surface area contributed by atoms with Crippen LogP contribution in [0.1, 0.15) is 26.4 Å². The van der Waals surface area contributed by atoms with E-state index < -0.39 is 11.9 Å². The van der Waals surface area contributed by atoms with Crippen molar-refractivity contribution in [1.29, 1.82) is 0 Å². The fourth-order valence-corrected chi connectivity index (χ4v) is 2.71. The molecule has 0 unspecified atom stereocenters. The van der Waals surface area contributed by atoms with Crippen molar-refractivity contribution < 1.29 is 19.1 Å². The van der Waals surface area contributed by atoms with E-state index in [2.05, 4.69) is 25.3 Å². The standard InChI is InChI=1S/C22H21N5O4/c1-31-18(28)13-26-22(30)19-20(23)24-12-17(27-19)15-8-5-9-16(10-15)21(29)25-11-14-6-3-2-4-7-14/h2-10,12H,11,13H2,1H3,(H2,23,24)(H,25,29)(H,26,30). The van der Waals surface area contributed by atoms with Gasteiger partial charge >= 0.3 is 5.97 Å². The number of methoxy groups -OCH3 is 1. The zero-order valence-electron chi connectivity index (χ0n) is 16.8. The maximum Gasteiger partial charge on any atom is 0.325 e. The summed E-state index contributed by atoms with van der Waals surface area (Å²) in [5, 5.41) is 5.23. The molecule has 0 aliphatic carbocycles. The number of nitrogens with zero attached hydrogens (tertiary/aromatic N) is 2. The largest absolute Gasteiger partial charge is 0.468 e. The monoisotopic (exact) mass is 419 g/mol. The summed E-state index contributed by atoms with van der Waals surface area (Å²) >= 11 is 0. The van der Waals surface area contributed by atoms with Gasteiger partial charge in [0.2, 0.25) is 0 Å². The van der Waals surface area contributed by atoms with Crippen LogP contribution in [0, 0.1) is 0 Å². The van der Waals surface area contributed by atoms with E-state index in [4.69, 9.17) is 5.73 Å². The number of nitrogen functional groups attached to an aromatic ring is 1. The number of carbonyl (C=O) groups excluding carboxylic acids is 3. The predicted molar refractivity (Wildman–Crippen MR) is 114 cm³/mol. The van der Waals surface area contributed by atoms with Gasteiger partial charge in [-0.15, -0.1) is 0 Å². The number of nitrogens with one attached hydrogen (secondary N) is 2. The minimum atomic E-state index is -0.658. The average molecular weight is 419 g/mol.